The number of hydrogen-bond acceptors (Lipinski definition) is 5. The number of hydrogen-bond donors (Lipinski definition) is 1. The molecule has 0 radical (unpaired) electrons. The Labute approximate surface area is 168 Å². The molecule has 1 N–H and O–H groups in total. The maximum absolute atomic E-state index is 12.4. The van der Waals surface area contributed by atoms with Gasteiger partial charge in [-0.2, -0.15) is 0 Å². The third-order valence-corrected chi connectivity index (χ3v) is 5.88. The number of para-hydroxylation sites is 1. The van der Waals surface area contributed by atoms with Crippen LogP contribution < -0.4 is 5.32 Å². The number of thioether (sulfide) groups is 1. The van der Waals surface area contributed by atoms with Crippen LogP contribution in [0.25, 0.3) is 5.69 Å². The average Bonchev–Trinajstić information content (AvgIpc) is 3.31. The van der Waals surface area contributed by atoms with Gasteiger partial charge in [0.15, 0.2) is 5.16 Å². The molecule has 5 nitrogen and oxygen atoms in total. The molecular formula is C20H24N4OS2. The van der Waals surface area contributed by atoms with E-state index in [2.05, 4.69) is 45.4 Å². The highest BCUT2D eigenvalue weighted by Gasteiger charge is 2.21. The lowest BCUT2D eigenvalue weighted by Crippen LogP contribution is -2.33. The van der Waals surface area contributed by atoms with Crippen molar-refractivity contribution in [1.82, 2.24) is 20.1 Å². The Morgan fingerprint density at radius 1 is 1.15 bits per heavy atom. The molecular weight excluding hydrogens is 376 g/mol. The van der Waals surface area contributed by atoms with E-state index >= 15 is 0 Å². The van der Waals surface area contributed by atoms with Gasteiger partial charge in [-0.3, -0.25) is 9.36 Å². The van der Waals surface area contributed by atoms with Gasteiger partial charge < -0.3 is 5.32 Å². The van der Waals surface area contributed by atoms with E-state index < -0.39 is 0 Å². The molecule has 0 aliphatic carbocycles. The topological polar surface area (TPSA) is 59.8 Å². The second-order valence-corrected chi connectivity index (χ2v) is 9.07. The SMILES string of the molecule is CC(C)CNC(=O)C(C)Sc1nnc(Cc2cccs2)n1-c1ccccc1. The monoisotopic (exact) mass is 400 g/mol. The van der Waals surface area contributed by atoms with Crippen LogP contribution in [0.2, 0.25) is 0 Å². The zero-order valence-electron chi connectivity index (χ0n) is 15.8. The maximum Gasteiger partial charge on any atom is 0.233 e. The van der Waals surface area contributed by atoms with Gasteiger partial charge in [-0.25, -0.2) is 0 Å². The first-order valence-electron chi connectivity index (χ1n) is 9.01. The van der Waals surface area contributed by atoms with E-state index in [0.29, 0.717) is 18.9 Å². The fourth-order valence-corrected chi connectivity index (χ4v) is 4.17. The molecule has 0 saturated heterocycles. The summed E-state index contributed by atoms with van der Waals surface area (Å²) in [6.45, 7) is 6.75. The van der Waals surface area contributed by atoms with Crippen molar-refractivity contribution in [2.75, 3.05) is 6.54 Å². The Kier molecular flexibility index (Phi) is 6.68. The van der Waals surface area contributed by atoms with Gasteiger partial charge in [0, 0.05) is 23.5 Å². The van der Waals surface area contributed by atoms with Crippen LogP contribution in [0.4, 0.5) is 0 Å². The van der Waals surface area contributed by atoms with Crippen molar-refractivity contribution >= 4 is 29.0 Å². The Morgan fingerprint density at radius 3 is 2.59 bits per heavy atom. The zero-order valence-corrected chi connectivity index (χ0v) is 17.4. The minimum atomic E-state index is -0.245. The van der Waals surface area contributed by atoms with Crippen molar-refractivity contribution < 1.29 is 4.79 Å². The molecule has 0 spiro atoms. The number of thiophene rings is 1. The molecule has 27 heavy (non-hydrogen) atoms. The summed E-state index contributed by atoms with van der Waals surface area (Å²) in [5.74, 6) is 1.33. The third-order valence-electron chi connectivity index (χ3n) is 3.96. The molecule has 2 aromatic heterocycles. The van der Waals surface area contributed by atoms with Crippen molar-refractivity contribution in [2.24, 2.45) is 5.92 Å². The molecule has 2 heterocycles. The van der Waals surface area contributed by atoms with Crippen LogP contribution in [-0.4, -0.2) is 32.5 Å². The minimum Gasteiger partial charge on any atom is -0.355 e. The lowest BCUT2D eigenvalue weighted by atomic mass is 10.2. The molecule has 3 aromatic rings. The first kappa shape index (κ1) is 19.6. The molecule has 7 heteroatoms. The molecule has 1 atom stereocenters. The first-order chi connectivity index (χ1) is 13.0. The smallest absolute Gasteiger partial charge is 0.233 e. The van der Waals surface area contributed by atoms with Crippen LogP contribution in [0.15, 0.2) is 53.0 Å². The van der Waals surface area contributed by atoms with Crippen LogP contribution in [0.3, 0.4) is 0 Å². The molecule has 3 rings (SSSR count). The number of benzene rings is 1. The fourth-order valence-electron chi connectivity index (χ4n) is 2.56. The predicted molar refractivity (Wildman–Crippen MR) is 112 cm³/mol. The van der Waals surface area contributed by atoms with Crippen molar-refractivity contribution in [3.63, 3.8) is 0 Å². The number of rotatable bonds is 8. The van der Waals surface area contributed by atoms with Gasteiger partial charge >= 0.3 is 0 Å². The van der Waals surface area contributed by atoms with Gasteiger partial charge in [0.1, 0.15) is 5.82 Å². The number of amides is 1. The predicted octanol–water partition coefficient (Wildman–Crippen LogP) is 4.17. The molecule has 1 aromatic carbocycles. The molecule has 1 amide bonds. The molecule has 142 valence electrons. The lowest BCUT2D eigenvalue weighted by Gasteiger charge is -2.14. The van der Waals surface area contributed by atoms with Gasteiger partial charge in [-0.15, -0.1) is 21.5 Å². The van der Waals surface area contributed by atoms with E-state index in [0.717, 1.165) is 16.7 Å². The fraction of sp³-hybridized carbons (Fsp3) is 0.350. The van der Waals surface area contributed by atoms with E-state index in [1.54, 1.807) is 11.3 Å². The van der Waals surface area contributed by atoms with E-state index in [9.17, 15) is 4.79 Å². The summed E-state index contributed by atoms with van der Waals surface area (Å²) in [5.41, 5.74) is 1.01. The van der Waals surface area contributed by atoms with E-state index in [1.807, 2.05) is 43.3 Å². The summed E-state index contributed by atoms with van der Waals surface area (Å²) < 4.78 is 2.05. The molecule has 0 aliphatic rings. The summed E-state index contributed by atoms with van der Waals surface area (Å²) in [6.07, 6.45) is 0.716. The van der Waals surface area contributed by atoms with Crippen LogP contribution in [0.5, 0.6) is 0 Å². The number of nitrogens with zero attached hydrogens (tertiary/aromatic N) is 3. The van der Waals surface area contributed by atoms with Crippen LogP contribution >= 0.6 is 23.1 Å². The van der Waals surface area contributed by atoms with Crippen LogP contribution in [0.1, 0.15) is 31.5 Å². The Morgan fingerprint density at radius 2 is 1.93 bits per heavy atom. The minimum absolute atomic E-state index is 0.0242. The third kappa shape index (κ3) is 5.20. The first-order valence-corrected chi connectivity index (χ1v) is 10.8. The number of carbonyl (C=O) groups excluding carboxylic acids is 1. The lowest BCUT2D eigenvalue weighted by molar-refractivity contribution is -0.120. The average molecular weight is 401 g/mol. The highest BCUT2D eigenvalue weighted by Crippen LogP contribution is 2.27. The van der Waals surface area contributed by atoms with Gasteiger partial charge in [0.25, 0.3) is 0 Å². The van der Waals surface area contributed by atoms with Gasteiger partial charge in [0.05, 0.1) is 5.25 Å². The molecule has 0 fully saturated rings. The van der Waals surface area contributed by atoms with Crippen molar-refractivity contribution in [3.05, 3.63) is 58.5 Å². The Balaban J connectivity index is 1.84. The second kappa shape index (κ2) is 9.19. The highest BCUT2D eigenvalue weighted by atomic mass is 32.2. The summed E-state index contributed by atoms with van der Waals surface area (Å²) in [4.78, 5) is 13.6. The number of aromatic nitrogens is 3. The number of carbonyl (C=O) groups is 1. The van der Waals surface area contributed by atoms with E-state index in [4.69, 9.17) is 0 Å². The van der Waals surface area contributed by atoms with Crippen molar-refractivity contribution in [2.45, 2.75) is 37.6 Å². The quantitative estimate of drug-likeness (QED) is 0.577. The maximum atomic E-state index is 12.4. The molecule has 0 saturated carbocycles. The van der Waals surface area contributed by atoms with E-state index in [-0.39, 0.29) is 11.2 Å². The standard InChI is InChI=1S/C20H24N4OS2/c1-14(2)13-21-19(25)15(3)27-20-23-22-18(12-17-10-7-11-26-17)24(20)16-8-5-4-6-9-16/h4-11,14-15H,12-13H2,1-3H3,(H,21,25). The highest BCUT2D eigenvalue weighted by molar-refractivity contribution is 8.00. The van der Waals surface area contributed by atoms with Crippen LogP contribution in [-0.2, 0) is 11.2 Å². The molecule has 1 unspecified atom stereocenters. The summed E-state index contributed by atoms with van der Waals surface area (Å²) in [7, 11) is 0. The molecule has 0 bridgehead atoms. The van der Waals surface area contributed by atoms with Gasteiger partial charge in [0.2, 0.25) is 5.91 Å². The summed E-state index contributed by atoms with van der Waals surface area (Å²) in [5, 5.41) is 14.4. The summed E-state index contributed by atoms with van der Waals surface area (Å²) in [6, 6.07) is 14.2. The largest absolute Gasteiger partial charge is 0.355 e. The van der Waals surface area contributed by atoms with E-state index in [1.165, 1.54) is 16.6 Å². The van der Waals surface area contributed by atoms with Gasteiger partial charge in [-0.1, -0.05) is 49.9 Å². The Hall–Kier alpha value is -2.12. The van der Waals surface area contributed by atoms with Crippen LogP contribution in [0, 0.1) is 5.92 Å². The normalized spacial score (nSPS) is 12.3. The number of nitrogens with one attached hydrogen (secondary N) is 1. The molecule has 0 aliphatic heterocycles. The second-order valence-electron chi connectivity index (χ2n) is 6.72. The Bertz CT molecular complexity index is 860. The van der Waals surface area contributed by atoms with Crippen molar-refractivity contribution in [3.8, 4) is 5.69 Å². The van der Waals surface area contributed by atoms with Gasteiger partial charge in [-0.05, 0) is 36.4 Å². The summed E-state index contributed by atoms with van der Waals surface area (Å²) >= 11 is 3.15. The van der Waals surface area contributed by atoms with Crippen molar-refractivity contribution in [1.29, 1.82) is 0 Å². The zero-order chi connectivity index (χ0) is 19.2.